The van der Waals surface area contributed by atoms with Crippen LogP contribution in [0, 0.1) is 0 Å². The molecule has 0 radical (unpaired) electrons. The maximum atomic E-state index is 14.0. The Kier molecular flexibility index (Phi) is 3.61. The second kappa shape index (κ2) is 5.04. The van der Waals surface area contributed by atoms with Gasteiger partial charge in [-0.2, -0.15) is 0 Å². The van der Waals surface area contributed by atoms with Crippen LogP contribution >= 0.6 is 11.6 Å². The summed E-state index contributed by atoms with van der Waals surface area (Å²) in [5, 5.41) is 9.92. The predicted molar refractivity (Wildman–Crippen MR) is 72.8 cm³/mol. The molecule has 9 heteroatoms. The maximum absolute atomic E-state index is 14.0. The highest BCUT2D eigenvalue weighted by molar-refractivity contribution is 6.29. The summed E-state index contributed by atoms with van der Waals surface area (Å²) in [7, 11) is 0. The molecule has 2 aliphatic rings. The minimum Gasteiger partial charge on any atom is -0.384 e. The molecule has 1 aliphatic carbocycles. The molecule has 1 aliphatic heterocycles. The number of likely N-dealkylation sites (tertiary alicyclic amines) is 1. The van der Waals surface area contributed by atoms with Crippen LogP contribution in [-0.2, 0) is 0 Å². The second-order valence-corrected chi connectivity index (χ2v) is 6.42. The lowest BCUT2D eigenvalue weighted by Crippen LogP contribution is -2.53. The van der Waals surface area contributed by atoms with Crippen molar-refractivity contribution in [3.8, 4) is 0 Å². The number of halogens is 5. The number of rotatable bonds is 1. The molecular formula is C14H13ClF4N2O2. The number of aromatic nitrogens is 1. The Labute approximate surface area is 134 Å². The smallest absolute Gasteiger partial charge is 0.292 e. The van der Waals surface area contributed by atoms with Crippen molar-refractivity contribution in [1.29, 1.82) is 0 Å². The zero-order valence-electron chi connectivity index (χ0n) is 11.8. The Morgan fingerprint density at radius 1 is 1.30 bits per heavy atom. The van der Waals surface area contributed by atoms with Crippen LogP contribution in [0.2, 0.25) is 5.15 Å². The highest BCUT2D eigenvalue weighted by Gasteiger charge is 2.69. The van der Waals surface area contributed by atoms with Gasteiger partial charge in [0, 0.05) is 12.8 Å². The van der Waals surface area contributed by atoms with E-state index in [1.54, 1.807) is 0 Å². The Morgan fingerprint density at radius 3 is 2.57 bits per heavy atom. The fraction of sp³-hybridized carbons (Fsp3) is 0.571. The van der Waals surface area contributed by atoms with Gasteiger partial charge in [0.1, 0.15) is 17.0 Å². The van der Waals surface area contributed by atoms with Gasteiger partial charge in [0.2, 0.25) is 0 Å². The first-order chi connectivity index (χ1) is 10.6. The molecule has 23 heavy (non-hydrogen) atoms. The summed E-state index contributed by atoms with van der Waals surface area (Å²) in [6.45, 7) is -1.13. The van der Waals surface area contributed by atoms with Gasteiger partial charge in [-0.25, -0.2) is 22.5 Å². The van der Waals surface area contributed by atoms with Gasteiger partial charge in [-0.05, 0) is 18.6 Å². The summed E-state index contributed by atoms with van der Waals surface area (Å²) >= 11 is 5.68. The van der Waals surface area contributed by atoms with Gasteiger partial charge in [-0.1, -0.05) is 17.7 Å². The standard InChI is InChI=1S/C14H13ClF4N2O2/c15-9-3-1-2-8(20-9)10(22)21-7-14(18,19)11(23)12(21)4-5-13(16,17)6-12/h1-3,11,23H,4-7H2/t11-,12-/m0/s1. The lowest BCUT2D eigenvalue weighted by Gasteiger charge is -2.36. The number of carbonyl (C=O) groups is 1. The van der Waals surface area contributed by atoms with Gasteiger partial charge in [-0.15, -0.1) is 0 Å². The van der Waals surface area contributed by atoms with Gasteiger partial charge in [0.25, 0.3) is 17.8 Å². The number of alkyl halides is 4. The number of aliphatic hydroxyl groups is 1. The molecule has 2 atom stereocenters. The molecule has 2 fully saturated rings. The van der Waals surface area contributed by atoms with E-state index in [-0.39, 0.29) is 10.8 Å². The summed E-state index contributed by atoms with van der Waals surface area (Å²) in [4.78, 5) is 16.9. The third kappa shape index (κ3) is 2.57. The first-order valence-electron chi connectivity index (χ1n) is 6.96. The minimum atomic E-state index is -3.66. The van der Waals surface area contributed by atoms with Gasteiger partial charge in [0.15, 0.2) is 0 Å². The third-order valence-electron chi connectivity index (χ3n) is 4.48. The molecule has 1 saturated heterocycles. The predicted octanol–water partition coefficient (Wildman–Crippen LogP) is 2.75. The van der Waals surface area contributed by atoms with Crippen LogP contribution in [0.25, 0.3) is 0 Å². The second-order valence-electron chi connectivity index (χ2n) is 6.04. The SMILES string of the molecule is O=C(c1cccc(Cl)n1)N1CC(F)(F)[C@@H](O)[C@@]12CCC(F)(F)C2. The number of amides is 1. The van der Waals surface area contributed by atoms with Crippen molar-refractivity contribution in [3.63, 3.8) is 0 Å². The topological polar surface area (TPSA) is 53.4 Å². The Bertz CT molecular complexity index is 657. The van der Waals surface area contributed by atoms with Crippen molar-refractivity contribution < 1.29 is 27.5 Å². The molecule has 0 unspecified atom stereocenters. The molecule has 0 bridgehead atoms. The van der Waals surface area contributed by atoms with Crippen LogP contribution in [0.5, 0.6) is 0 Å². The van der Waals surface area contributed by atoms with E-state index in [0.717, 1.165) is 0 Å². The van der Waals surface area contributed by atoms with E-state index in [2.05, 4.69) is 4.98 Å². The third-order valence-corrected chi connectivity index (χ3v) is 4.69. The zero-order chi connectivity index (χ0) is 17.0. The normalized spacial score (nSPS) is 31.7. The monoisotopic (exact) mass is 352 g/mol. The zero-order valence-corrected chi connectivity index (χ0v) is 12.5. The fourth-order valence-electron chi connectivity index (χ4n) is 3.42. The van der Waals surface area contributed by atoms with Crippen molar-refractivity contribution in [2.75, 3.05) is 6.54 Å². The summed E-state index contributed by atoms with van der Waals surface area (Å²) in [6.07, 6.45) is -4.40. The van der Waals surface area contributed by atoms with Gasteiger partial charge >= 0.3 is 0 Å². The first kappa shape index (κ1) is 16.4. The summed E-state index contributed by atoms with van der Waals surface area (Å²) in [5.74, 6) is -7.81. The van der Waals surface area contributed by atoms with E-state index in [1.165, 1.54) is 18.2 Å². The van der Waals surface area contributed by atoms with Gasteiger partial charge in [0.05, 0.1) is 12.1 Å². The van der Waals surface area contributed by atoms with E-state index in [1.807, 2.05) is 0 Å². The van der Waals surface area contributed by atoms with E-state index in [9.17, 15) is 27.5 Å². The molecule has 1 spiro atoms. The van der Waals surface area contributed by atoms with Gasteiger partial charge < -0.3 is 10.0 Å². The van der Waals surface area contributed by atoms with E-state index >= 15 is 0 Å². The Morgan fingerprint density at radius 2 is 2.00 bits per heavy atom. The molecule has 0 aromatic carbocycles. The molecule has 3 rings (SSSR count). The Balaban J connectivity index is 2.01. The summed E-state index contributed by atoms with van der Waals surface area (Å²) in [6, 6.07) is 4.06. The molecule has 126 valence electrons. The van der Waals surface area contributed by atoms with Gasteiger partial charge in [-0.3, -0.25) is 4.79 Å². The lowest BCUT2D eigenvalue weighted by atomic mass is 9.89. The largest absolute Gasteiger partial charge is 0.384 e. The number of nitrogens with zero attached hydrogens (tertiary/aromatic N) is 2. The average molecular weight is 353 g/mol. The van der Waals surface area contributed by atoms with Crippen LogP contribution in [0.1, 0.15) is 29.8 Å². The van der Waals surface area contributed by atoms with E-state index in [0.29, 0.717) is 4.90 Å². The van der Waals surface area contributed by atoms with E-state index < -0.39 is 55.2 Å². The summed E-state index contributed by atoms with van der Waals surface area (Å²) < 4.78 is 55.2. The van der Waals surface area contributed by atoms with Crippen molar-refractivity contribution >= 4 is 17.5 Å². The van der Waals surface area contributed by atoms with Crippen molar-refractivity contribution in [1.82, 2.24) is 9.88 Å². The number of hydrogen-bond acceptors (Lipinski definition) is 3. The van der Waals surface area contributed by atoms with Crippen LogP contribution in [0.15, 0.2) is 18.2 Å². The molecule has 1 aromatic rings. The van der Waals surface area contributed by atoms with Crippen LogP contribution in [0.4, 0.5) is 17.6 Å². The molecule has 2 heterocycles. The number of carbonyl (C=O) groups excluding carboxylic acids is 1. The maximum Gasteiger partial charge on any atom is 0.292 e. The quantitative estimate of drug-likeness (QED) is 0.624. The van der Waals surface area contributed by atoms with Crippen molar-refractivity contribution in [2.24, 2.45) is 0 Å². The molecule has 1 amide bonds. The average Bonchev–Trinajstić information content (AvgIpc) is 2.88. The highest BCUT2D eigenvalue weighted by atomic mass is 35.5. The first-order valence-corrected chi connectivity index (χ1v) is 7.33. The van der Waals surface area contributed by atoms with Crippen LogP contribution in [-0.4, -0.2) is 50.9 Å². The number of pyridine rings is 1. The number of aliphatic hydroxyl groups excluding tert-OH is 1. The molecule has 1 saturated carbocycles. The van der Waals surface area contributed by atoms with E-state index in [4.69, 9.17) is 11.6 Å². The Hall–Kier alpha value is -1.41. The number of hydrogen-bond donors (Lipinski definition) is 1. The molecule has 4 nitrogen and oxygen atoms in total. The van der Waals surface area contributed by atoms with Crippen LogP contribution < -0.4 is 0 Å². The van der Waals surface area contributed by atoms with Crippen molar-refractivity contribution in [2.45, 2.75) is 42.8 Å². The highest BCUT2D eigenvalue weighted by Crippen LogP contribution is 2.54. The fourth-order valence-corrected chi connectivity index (χ4v) is 3.59. The molecule has 1 N–H and O–H groups in total. The lowest BCUT2D eigenvalue weighted by molar-refractivity contribution is -0.102. The van der Waals surface area contributed by atoms with Crippen molar-refractivity contribution in [3.05, 3.63) is 29.0 Å². The summed E-state index contributed by atoms with van der Waals surface area (Å²) in [5.41, 5.74) is -2.22. The molecular weight excluding hydrogens is 340 g/mol. The minimum absolute atomic E-state index is 0.0202. The molecule has 1 aromatic heterocycles. The van der Waals surface area contributed by atoms with Crippen LogP contribution in [0.3, 0.4) is 0 Å².